The standard InChI is InChI=1S/C15H24O4/c1-12(5-7-16)13(9-17)8-14-4-2-3-6-15(14,10-18)11-19/h2,4,8,13,16-19H,1,3,5-7,9-11H2. The van der Waals surface area contributed by atoms with E-state index in [0.29, 0.717) is 12.8 Å². The van der Waals surface area contributed by atoms with Crippen LogP contribution in [-0.4, -0.2) is 46.9 Å². The van der Waals surface area contributed by atoms with Crippen molar-refractivity contribution >= 4 is 0 Å². The molecule has 0 radical (unpaired) electrons. The normalized spacial score (nSPS) is 21.6. The highest BCUT2D eigenvalue weighted by molar-refractivity contribution is 5.33. The Hall–Kier alpha value is -0.940. The molecule has 4 N–H and O–H groups in total. The van der Waals surface area contributed by atoms with Crippen molar-refractivity contribution in [3.05, 3.63) is 36.0 Å². The Labute approximate surface area is 114 Å². The maximum Gasteiger partial charge on any atom is 0.0550 e. The first-order valence-corrected chi connectivity index (χ1v) is 6.63. The maximum atomic E-state index is 9.58. The van der Waals surface area contributed by atoms with E-state index in [2.05, 4.69) is 6.58 Å². The molecule has 0 aromatic rings. The van der Waals surface area contributed by atoms with Crippen molar-refractivity contribution in [1.29, 1.82) is 0 Å². The number of rotatable bonds is 7. The molecule has 1 atom stereocenters. The Morgan fingerprint density at radius 1 is 1.32 bits per heavy atom. The summed E-state index contributed by atoms with van der Waals surface area (Å²) in [5, 5.41) is 37.5. The molecule has 1 aliphatic rings. The van der Waals surface area contributed by atoms with Gasteiger partial charge in [0, 0.05) is 17.9 Å². The van der Waals surface area contributed by atoms with Gasteiger partial charge in [-0.25, -0.2) is 0 Å². The highest BCUT2D eigenvalue weighted by Gasteiger charge is 2.33. The quantitative estimate of drug-likeness (QED) is 0.514. The fourth-order valence-corrected chi connectivity index (χ4v) is 2.36. The highest BCUT2D eigenvalue weighted by Crippen LogP contribution is 2.37. The van der Waals surface area contributed by atoms with Gasteiger partial charge in [0.25, 0.3) is 0 Å². The Morgan fingerprint density at radius 2 is 2.00 bits per heavy atom. The van der Waals surface area contributed by atoms with E-state index in [0.717, 1.165) is 17.6 Å². The molecule has 1 aliphatic carbocycles. The topological polar surface area (TPSA) is 80.9 Å². The molecule has 0 bridgehead atoms. The average molecular weight is 268 g/mol. The van der Waals surface area contributed by atoms with Crippen LogP contribution in [0.15, 0.2) is 36.0 Å². The second-order valence-corrected chi connectivity index (χ2v) is 5.08. The zero-order valence-electron chi connectivity index (χ0n) is 11.3. The second kappa shape index (κ2) is 7.60. The summed E-state index contributed by atoms with van der Waals surface area (Å²) in [7, 11) is 0. The molecule has 0 aromatic carbocycles. The molecule has 4 heteroatoms. The largest absolute Gasteiger partial charge is 0.396 e. The molecule has 0 spiro atoms. The van der Waals surface area contributed by atoms with Crippen LogP contribution in [0.5, 0.6) is 0 Å². The van der Waals surface area contributed by atoms with E-state index >= 15 is 0 Å². The Bertz CT molecular complexity index is 353. The van der Waals surface area contributed by atoms with Gasteiger partial charge in [0.2, 0.25) is 0 Å². The summed E-state index contributed by atoms with van der Waals surface area (Å²) >= 11 is 0. The number of allylic oxidation sites excluding steroid dienone is 2. The summed E-state index contributed by atoms with van der Waals surface area (Å²) in [5.74, 6) is -0.262. The third-order valence-corrected chi connectivity index (χ3v) is 3.84. The van der Waals surface area contributed by atoms with Crippen LogP contribution in [0.25, 0.3) is 0 Å². The predicted octanol–water partition coefficient (Wildman–Crippen LogP) is 0.781. The summed E-state index contributed by atoms with van der Waals surface area (Å²) in [6.07, 6.45) is 7.68. The first kappa shape index (κ1) is 16.1. The number of hydrogen-bond donors (Lipinski definition) is 4. The smallest absolute Gasteiger partial charge is 0.0550 e. The summed E-state index contributed by atoms with van der Waals surface area (Å²) in [6.45, 7) is 3.53. The van der Waals surface area contributed by atoms with Gasteiger partial charge in [-0.1, -0.05) is 30.4 Å². The van der Waals surface area contributed by atoms with E-state index in [1.807, 2.05) is 18.2 Å². The monoisotopic (exact) mass is 268 g/mol. The molecule has 0 aromatic heterocycles. The van der Waals surface area contributed by atoms with E-state index in [9.17, 15) is 15.3 Å². The van der Waals surface area contributed by atoms with Gasteiger partial charge in [-0.3, -0.25) is 0 Å². The zero-order valence-corrected chi connectivity index (χ0v) is 11.3. The molecule has 0 aliphatic heterocycles. The predicted molar refractivity (Wildman–Crippen MR) is 74.5 cm³/mol. The molecule has 0 saturated carbocycles. The lowest BCUT2D eigenvalue weighted by Crippen LogP contribution is -2.33. The summed E-state index contributed by atoms with van der Waals surface area (Å²) < 4.78 is 0. The molecule has 0 saturated heterocycles. The Morgan fingerprint density at radius 3 is 2.53 bits per heavy atom. The summed E-state index contributed by atoms with van der Waals surface area (Å²) in [4.78, 5) is 0. The molecule has 0 fully saturated rings. The van der Waals surface area contributed by atoms with Crippen molar-refractivity contribution in [3.8, 4) is 0 Å². The maximum absolute atomic E-state index is 9.58. The third-order valence-electron chi connectivity index (χ3n) is 3.84. The first-order valence-electron chi connectivity index (χ1n) is 6.63. The van der Waals surface area contributed by atoms with Gasteiger partial charge in [-0.15, -0.1) is 0 Å². The Kier molecular flexibility index (Phi) is 6.45. The third kappa shape index (κ3) is 3.76. The molecule has 0 amide bonds. The minimum absolute atomic E-state index is 0.000507. The van der Waals surface area contributed by atoms with Gasteiger partial charge in [0.05, 0.1) is 19.8 Å². The van der Waals surface area contributed by atoms with Crippen LogP contribution in [0.1, 0.15) is 19.3 Å². The highest BCUT2D eigenvalue weighted by atomic mass is 16.3. The van der Waals surface area contributed by atoms with E-state index in [-0.39, 0.29) is 32.3 Å². The first-order chi connectivity index (χ1) is 9.13. The van der Waals surface area contributed by atoms with Crippen LogP contribution < -0.4 is 0 Å². The van der Waals surface area contributed by atoms with Gasteiger partial charge >= 0.3 is 0 Å². The van der Waals surface area contributed by atoms with Crippen LogP contribution in [0.3, 0.4) is 0 Å². The van der Waals surface area contributed by atoms with Crippen molar-refractivity contribution in [2.24, 2.45) is 11.3 Å². The van der Waals surface area contributed by atoms with Crippen molar-refractivity contribution in [3.63, 3.8) is 0 Å². The minimum atomic E-state index is -0.637. The van der Waals surface area contributed by atoms with Crippen LogP contribution >= 0.6 is 0 Å². The Balaban J connectivity index is 3.00. The van der Waals surface area contributed by atoms with E-state index in [1.165, 1.54) is 0 Å². The van der Waals surface area contributed by atoms with Crippen LogP contribution in [0.2, 0.25) is 0 Å². The second-order valence-electron chi connectivity index (χ2n) is 5.08. The lowest BCUT2D eigenvalue weighted by molar-refractivity contribution is 0.0775. The van der Waals surface area contributed by atoms with Crippen LogP contribution in [0.4, 0.5) is 0 Å². The van der Waals surface area contributed by atoms with Crippen LogP contribution in [0, 0.1) is 11.3 Å². The molecule has 1 unspecified atom stereocenters. The van der Waals surface area contributed by atoms with Gasteiger partial charge in [0.15, 0.2) is 0 Å². The van der Waals surface area contributed by atoms with Crippen molar-refractivity contribution in [2.75, 3.05) is 26.4 Å². The molecular formula is C15H24O4. The average Bonchev–Trinajstić information content (AvgIpc) is 2.45. The number of hydrogen-bond acceptors (Lipinski definition) is 4. The lowest BCUT2D eigenvalue weighted by Gasteiger charge is -2.34. The van der Waals surface area contributed by atoms with Gasteiger partial charge in [-0.2, -0.15) is 0 Å². The van der Waals surface area contributed by atoms with Gasteiger partial charge < -0.3 is 20.4 Å². The van der Waals surface area contributed by atoms with Crippen molar-refractivity contribution in [1.82, 2.24) is 0 Å². The lowest BCUT2D eigenvalue weighted by atomic mass is 9.73. The van der Waals surface area contributed by atoms with Gasteiger partial charge in [0.1, 0.15) is 0 Å². The molecule has 4 nitrogen and oxygen atoms in total. The van der Waals surface area contributed by atoms with E-state index < -0.39 is 5.41 Å². The molecule has 19 heavy (non-hydrogen) atoms. The fourth-order valence-electron chi connectivity index (χ4n) is 2.36. The molecule has 0 heterocycles. The molecule has 108 valence electrons. The number of aliphatic hydroxyl groups is 4. The van der Waals surface area contributed by atoms with E-state index in [1.54, 1.807) is 0 Å². The summed E-state index contributed by atoms with van der Waals surface area (Å²) in [6, 6.07) is 0. The van der Waals surface area contributed by atoms with Crippen molar-refractivity contribution in [2.45, 2.75) is 19.3 Å². The summed E-state index contributed by atoms with van der Waals surface area (Å²) in [5.41, 5.74) is 0.949. The van der Waals surface area contributed by atoms with Crippen LogP contribution in [-0.2, 0) is 0 Å². The fraction of sp³-hybridized carbons (Fsp3) is 0.600. The minimum Gasteiger partial charge on any atom is -0.396 e. The SMILES string of the molecule is C=C(CCO)C(C=C1C=CCCC1(CO)CO)CO. The van der Waals surface area contributed by atoms with Gasteiger partial charge in [-0.05, 0) is 24.8 Å². The molecular weight excluding hydrogens is 244 g/mol. The zero-order chi connectivity index (χ0) is 14.3. The van der Waals surface area contributed by atoms with E-state index in [4.69, 9.17) is 5.11 Å². The number of aliphatic hydroxyl groups excluding tert-OH is 4. The van der Waals surface area contributed by atoms with Crippen molar-refractivity contribution < 1.29 is 20.4 Å². The molecule has 1 rings (SSSR count).